The van der Waals surface area contributed by atoms with Crippen LogP contribution >= 0.6 is 0 Å². The van der Waals surface area contributed by atoms with Gasteiger partial charge in [-0.1, -0.05) is 0 Å². The molecule has 0 bridgehead atoms. The molecule has 1 aromatic heterocycles. The number of hydrogen-bond acceptors (Lipinski definition) is 2. The Balaban J connectivity index is 3.09. The van der Waals surface area contributed by atoms with Crippen molar-refractivity contribution in [3.8, 4) is 0 Å². The van der Waals surface area contributed by atoms with Crippen LogP contribution in [0, 0.1) is 6.92 Å². The first-order chi connectivity index (χ1) is 3.84. The van der Waals surface area contributed by atoms with Crippen molar-refractivity contribution in [3.63, 3.8) is 0 Å². The number of rotatable bonds is 1. The van der Waals surface area contributed by atoms with Crippen LogP contribution in [0.5, 0.6) is 0 Å². The Morgan fingerprint density at radius 3 is 2.88 bits per heavy atom. The summed E-state index contributed by atoms with van der Waals surface area (Å²) in [7, 11) is 0. The van der Waals surface area contributed by atoms with Crippen molar-refractivity contribution < 1.29 is 4.79 Å². The van der Waals surface area contributed by atoms with E-state index >= 15 is 0 Å². The second-order valence-electron chi connectivity index (χ2n) is 1.36. The normalized spacial score (nSPS) is 9.12. The summed E-state index contributed by atoms with van der Waals surface area (Å²) in [5.74, 6) is 0.472. The summed E-state index contributed by atoms with van der Waals surface area (Å²) in [4.78, 5) is 13.7. The van der Waals surface area contributed by atoms with Crippen LogP contribution < -0.4 is 0 Å². The molecule has 0 unspecified atom stereocenters. The summed E-state index contributed by atoms with van der Waals surface area (Å²) >= 11 is 0. The highest BCUT2D eigenvalue weighted by atomic mass is 16.1. The van der Waals surface area contributed by atoms with Crippen molar-refractivity contribution in [1.29, 1.82) is 0 Å². The van der Waals surface area contributed by atoms with E-state index in [1.807, 2.05) is 0 Å². The molecule has 0 aliphatic rings. The van der Waals surface area contributed by atoms with Gasteiger partial charge < -0.3 is 0 Å². The first-order valence-corrected chi connectivity index (χ1v) is 2.14. The van der Waals surface area contributed by atoms with Gasteiger partial charge in [-0.3, -0.25) is 9.36 Å². The predicted octanol–water partition coefficient (Wildman–Crippen LogP) is 0.104. The molecule has 0 saturated heterocycles. The molecule has 1 aromatic rings. The Hall–Kier alpha value is -1.12. The molecule has 3 nitrogen and oxygen atoms in total. The Kier molecular flexibility index (Phi) is 1.12. The highest BCUT2D eigenvalue weighted by Gasteiger charge is 1.89. The fourth-order valence-corrected chi connectivity index (χ4v) is 0.440. The minimum Gasteiger partial charge on any atom is -0.278 e. The van der Waals surface area contributed by atoms with Crippen LogP contribution in [0.4, 0.5) is 0 Å². The third kappa shape index (κ3) is 0.621. The first-order valence-electron chi connectivity index (χ1n) is 2.14. The lowest BCUT2D eigenvalue weighted by atomic mass is 10.7. The summed E-state index contributed by atoms with van der Waals surface area (Å²) in [6.45, 7) is 3.47. The summed E-state index contributed by atoms with van der Waals surface area (Å²) in [5.41, 5.74) is 0. The Morgan fingerprint density at radius 2 is 2.62 bits per heavy atom. The summed E-state index contributed by atoms with van der Waals surface area (Å²) in [6.07, 6.45) is 3.74. The van der Waals surface area contributed by atoms with Crippen molar-refractivity contribution in [1.82, 2.24) is 9.55 Å². The number of imidazole rings is 1. The van der Waals surface area contributed by atoms with E-state index in [-0.39, 0.29) is 0 Å². The zero-order valence-corrected chi connectivity index (χ0v) is 4.24. The molecule has 0 amide bonds. The van der Waals surface area contributed by atoms with Crippen LogP contribution in [-0.2, 0) is 4.79 Å². The minimum absolute atomic E-state index is 0.472. The maximum absolute atomic E-state index is 9.97. The lowest BCUT2D eigenvalue weighted by molar-refractivity contribution is 0.546. The van der Waals surface area contributed by atoms with Crippen LogP contribution in [0.3, 0.4) is 0 Å². The predicted molar refractivity (Wildman–Crippen MR) is 28.8 cm³/mol. The van der Waals surface area contributed by atoms with Crippen molar-refractivity contribution in [2.45, 2.75) is 0 Å². The average molecular weight is 109 g/mol. The molecule has 0 fully saturated rings. The molecule has 0 saturated carbocycles. The number of nitrogens with zero attached hydrogens (tertiary/aromatic N) is 2. The number of carbonyl (C=O) groups excluding carboxylic acids is 1. The lowest BCUT2D eigenvalue weighted by Crippen LogP contribution is -1.94. The van der Waals surface area contributed by atoms with Gasteiger partial charge in [-0.15, -0.1) is 0 Å². The molecule has 1 heterocycles. The highest BCUT2D eigenvalue weighted by molar-refractivity contribution is 5.53. The smallest absolute Gasteiger partial charge is 0.219 e. The summed E-state index contributed by atoms with van der Waals surface area (Å²) < 4.78 is 1.31. The van der Waals surface area contributed by atoms with Gasteiger partial charge >= 0.3 is 0 Å². The molecule has 0 N–H and O–H groups in total. The second-order valence-corrected chi connectivity index (χ2v) is 1.36. The molecular formula is C5H5N2O. The quantitative estimate of drug-likeness (QED) is 0.479. The second kappa shape index (κ2) is 1.78. The fraction of sp³-hybridized carbons (Fsp3) is 0. The van der Waals surface area contributed by atoms with Gasteiger partial charge in [-0.2, -0.15) is 0 Å². The van der Waals surface area contributed by atoms with Gasteiger partial charge in [0.05, 0.1) is 0 Å². The van der Waals surface area contributed by atoms with Crippen LogP contribution in [0.15, 0.2) is 12.4 Å². The van der Waals surface area contributed by atoms with Gasteiger partial charge in [-0.05, 0) is 0 Å². The average Bonchev–Trinajstić information content (AvgIpc) is 2.14. The van der Waals surface area contributed by atoms with Crippen LogP contribution in [-0.4, -0.2) is 16.0 Å². The van der Waals surface area contributed by atoms with E-state index in [1.165, 1.54) is 10.8 Å². The van der Waals surface area contributed by atoms with E-state index in [1.54, 1.807) is 6.20 Å². The molecule has 8 heavy (non-hydrogen) atoms. The molecule has 3 heteroatoms. The van der Waals surface area contributed by atoms with Crippen LogP contribution in [0.25, 0.3) is 0 Å². The lowest BCUT2D eigenvalue weighted by Gasteiger charge is -1.85. The van der Waals surface area contributed by atoms with Crippen LogP contribution in [0.2, 0.25) is 0 Å². The van der Waals surface area contributed by atoms with Crippen molar-refractivity contribution in [2.24, 2.45) is 0 Å². The summed E-state index contributed by atoms with van der Waals surface area (Å²) in [5, 5.41) is 0. The highest BCUT2D eigenvalue weighted by Crippen LogP contribution is 1.87. The fourth-order valence-electron chi connectivity index (χ4n) is 0.440. The van der Waals surface area contributed by atoms with Gasteiger partial charge in [-0.25, -0.2) is 4.98 Å². The standard InChI is InChI=1S/C5H5N2O/c1-5-6-2-3-7(5)4-8/h2-4H,1H2. The molecule has 0 aromatic carbocycles. The van der Waals surface area contributed by atoms with Gasteiger partial charge in [0.15, 0.2) is 0 Å². The Labute approximate surface area is 47.0 Å². The van der Waals surface area contributed by atoms with Gasteiger partial charge in [0.2, 0.25) is 6.41 Å². The monoisotopic (exact) mass is 109 g/mol. The van der Waals surface area contributed by atoms with E-state index in [4.69, 9.17) is 0 Å². The van der Waals surface area contributed by atoms with E-state index in [0.717, 1.165) is 0 Å². The SMILES string of the molecule is [CH2]c1nccn1C=O. The largest absolute Gasteiger partial charge is 0.278 e. The molecule has 0 spiro atoms. The third-order valence-corrected chi connectivity index (χ3v) is 0.862. The van der Waals surface area contributed by atoms with E-state index in [2.05, 4.69) is 11.9 Å². The number of hydrogen-bond donors (Lipinski definition) is 0. The molecule has 0 aliphatic heterocycles. The Bertz CT molecular complexity index is 192. The maximum Gasteiger partial charge on any atom is 0.219 e. The minimum atomic E-state index is 0.472. The zero-order chi connectivity index (χ0) is 5.98. The molecular weight excluding hydrogens is 104 g/mol. The molecule has 0 aliphatic carbocycles. The number of aromatic nitrogens is 2. The van der Waals surface area contributed by atoms with E-state index in [9.17, 15) is 4.79 Å². The van der Waals surface area contributed by atoms with Crippen molar-refractivity contribution >= 4 is 6.41 Å². The van der Waals surface area contributed by atoms with Crippen molar-refractivity contribution in [3.05, 3.63) is 25.1 Å². The van der Waals surface area contributed by atoms with Crippen molar-refractivity contribution in [2.75, 3.05) is 0 Å². The molecule has 1 radical (unpaired) electrons. The van der Waals surface area contributed by atoms with Gasteiger partial charge in [0, 0.05) is 19.3 Å². The van der Waals surface area contributed by atoms with E-state index in [0.29, 0.717) is 12.2 Å². The molecule has 1 rings (SSSR count). The first kappa shape index (κ1) is 5.03. The number of carbonyl (C=O) groups is 1. The Morgan fingerprint density at radius 1 is 1.88 bits per heavy atom. The van der Waals surface area contributed by atoms with Gasteiger partial charge in [0.1, 0.15) is 5.82 Å². The molecule has 41 valence electrons. The van der Waals surface area contributed by atoms with E-state index < -0.39 is 0 Å². The topological polar surface area (TPSA) is 34.9 Å². The molecule has 0 atom stereocenters. The zero-order valence-electron chi connectivity index (χ0n) is 4.24. The maximum atomic E-state index is 9.97. The third-order valence-electron chi connectivity index (χ3n) is 0.862. The van der Waals surface area contributed by atoms with Crippen LogP contribution in [0.1, 0.15) is 5.82 Å². The van der Waals surface area contributed by atoms with Gasteiger partial charge in [0.25, 0.3) is 0 Å². The summed E-state index contributed by atoms with van der Waals surface area (Å²) in [6, 6.07) is 0.